The second-order valence-electron chi connectivity index (χ2n) is 5.00. The summed E-state index contributed by atoms with van der Waals surface area (Å²) in [6.45, 7) is 0. The van der Waals surface area contributed by atoms with Crippen LogP contribution in [0.1, 0.15) is 25.7 Å². The standard InChI is InChI=1S/C13H16Br2FNO2S/c14-8-9-3-1-2-4-12(9)17-20(18,19)13-6-5-10(15)7-11(13)16/h5-7,9,12,17H,1-4,8H2. The van der Waals surface area contributed by atoms with E-state index in [4.69, 9.17) is 0 Å². The fourth-order valence-electron chi connectivity index (χ4n) is 2.50. The fraction of sp³-hybridized carbons (Fsp3) is 0.538. The monoisotopic (exact) mass is 427 g/mol. The average molecular weight is 429 g/mol. The van der Waals surface area contributed by atoms with Crippen LogP contribution in [0.4, 0.5) is 4.39 Å². The third-order valence-electron chi connectivity index (χ3n) is 3.60. The molecule has 0 saturated heterocycles. The zero-order valence-corrected chi connectivity index (χ0v) is 14.8. The highest BCUT2D eigenvalue weighted by atomic mass is 79.9. The van der Waals surface area contributed by atoms with Crippen molar-refractivity contribution < 1.29 is 12.8 Å². The van der Waals surface area contributed by atoms with E-state index >= 15 is 0 Å². The minimum absolute atomic E-state index is 0.129. The lowest BCUT2D eigenvalue weighted by Gasteiger charge is -2.30. The van der Waals surface area contributed by atoms with Crippen LogP contribution in [0.3, 0.4) is 0 Å². The summed E-state index contributed by atoms with van der Waals surface area (Å²) in [5, 5.41) is 0.753. The molecule has 2 atom stereocenters. The quantitative estimate of drug-likeness (QED) is 0.741. The Kier molecular flexibility index (Phi) is 5.62. The van der Waals surface area contributed by atoms with Crippen molar-refractivity contribution in [1.29, 1.82) is 0 Å². The van der Waals surface area contributed by atoms with Gasteiger partial charge in [-0.15, -0.1) is 0 Å². The number of hydrogen-bond donors (Lipinski definition) is 1. The van der Waals surface area contributed by atoms with Crippen molar-refractivity contribution in [2.45, 2.75) is 36.6 Å². The predicted octanol–water partition coefficient (Wildman–Crippen LogP) is 3.82. The van der Waals surface area contributed by atoms with E-state index in [2.05, 4.69) is 36.6 Å². The maximum atomic E-state index is 13.8. The summed E-state index contributed by atoms with van der Waals surface area (Å²) in [6, 6.07) is 3.85. The van der Waals surface area contributed by atoms with Crippen LogP contribution in [0.25, 0.3) is 0 Å². The van der Waals surface area contributed by atoms with Gasteiger partial charge >= 0.3 is 0 Å². The SMILES string of the molecule is O=S(=O)(NC1CCCCC1CBr)c1ccc(Br)cc1F. The maximum absolute atomic E-state index is 13.8. The molecule has 0 aromatic heterocycles. The van der Waals surface area contributed by atoms with Gasteiger partial charge in [0.2, 0.25) is 10.0 Å². The summed E-state index contributed by atoms with van der Waals surface area (Å²) in [7, 11) is -3.82. The molecule has 1 fully saturated rings. The normalized spacial score (nSPS) is 23.8. The lowest BCUT2D eigenvalue weighted by molar-refractivity contribution is 0.316. The van der Waals surface area contributed by atoms with Crippen LogP contribution >= 0.6 is 31.9 Å². The molecule has 20 heavy (non-hydrogen) atoms. The van der Waals surface area contributed by atoms with Crippen LogP contribution in [-0.4, -0.2) is 19.8 Å². The lowest BCUT2D eigenvalue weighted by atomic mass is 9.87. The van der Waals surface area contributed by atoms with E-state index in [1.165, 1.54) is 12.1 Å². The number of rotatable bonds is 4. The summed E-state index contributed by atoms with van der Waals surface area (Å²) in [5.74, 6) is -0.477. The summed E-state index contributed by atoms with van der Waals surface area (Å²) < 4.78 is 41.6. The second kappa shape index (κ2) is 6.85. The molecule has 2 rings (SSSR count). The second-order valence-corrected chi connectivity index (χ2v) is 8.25. The fourth-order valence-corrected chi connectivity index (χ4v) is 5.01. The minimum Gasteiger partial charge on any atom is -0.208 e. The average Bonchev–Trinajstić information content (AvgIpc) is 2.38. The van der Waals surface area contributed by atoms with E-state index in [9.17, 15) is 12.8 Å². The van der Waals surface area contributed by atoms with Crippen molar-refractivity contribution in [2.75, 3.05) is 5.33 Å². The van der Waals surface area contributed by atoms with Gasteiger partial charge in [0.25, 0.3) is 0 Å². The molecule has 1 aliphatic carbocycles. The first-order chi connectivity index (χ1) is 9.44. The molecule has 1 aromatic rings. The predicted molar refractivity (Wildman–Crippen MR) is 84.0 cm³/mol. The molecule has 0 bridgehead atoms. The third kappa shape index (κ3) is 3.81. The van der Waals surface area contributed by atoms with E-state index in [0.29, 0.717) is 4.47 Å². The number of benzene rings is 1. The highest BCUT2D eigenvalue weighted by Crippen LogP contribution is 2.28. The number of halogens is 3. The van der Waals surface area contributed by atoms with Crippen LogP contribution in [0.5, 0.6) is 0 Å². The Balaban J connectivity index is 2.22. The molecule has 1 N–H and O–H groups in total. The van der Waals surface area contributed by atoms with Gasteiger partial charge in [-0.2, -0.15) is 0 Å². The molecule has 3 nitrogen and oxygen atoms in total. The molecule has 1 aromatic carbocycles. The van der Waals surface area contributed by atoms with Crippen molar-refractivity contribution in [2.24, 2.45) is 5.92 Å². The number of alkyl halides is 1. The zero-order chi connectivity index (χ0) is 14.8. The summed E-state index contributed by atoms with van der Waals surface area (Å²) in [5.41, 5.74) is 0. The van der Waals surface area contributed by atoms with Crippen molar-refractivity contribution >= 4 is 41.9 Å². The van der Waals surface area contributed by atoms with Gasteiger partial charge in [0, 0.05) is 15.8 Å². The molecule has 0 spiro atoms. The molecule has 0 amide bonds. The van der Waals surface area contributed by atoms with E-state index in [1.54, 1.807) is 0 Å². The molecule has 1 aliphatic rings. The zero-order valence-electron chi connectivity index (χ0n) is 10.8. The van der Waals surface area contributed by atoms with Gasteiger partial charge < -0.3 is 0 Å². The first kappa shape index (κ1) is 16.4. The van der Waals surface area contributed by atoms with Crippen molar-refractivity contribution in [3.05, 3.63) is 28.5 Å². The summed E-state index contributed by atoms with van der Waals surface area (Å²) in [6.07, 6.45) is 3.90. The number of nitrogens with one attached hydrogen (secondary N) is 1. The highest BCUT2D eigenvalue weighted by molar-refractivity contribution is 9.10. The molecular weight excluding hydrogens is 413 g/mol. The summed E-state index contributed by atoms with van der Waals surface area (Å²) >= 11 is 6.54. The van der Waals surface area contributed by atoms with Crippen molar-refractivity contribution in [3.8, 4) is 0 Å². The van der Waals surface area contributed by atoms with Crippen LogP contribution < -0.4 is 4.72 Å². The topological polar surface area (TPSA) is 46.2 Å². The van der Waals surface area contributed by atoms with Gasteiger partial charge in [-0.3, -0.25) is 0 Å². The molecule has 7 heteroatoms. The number of sulfonamides is 1. The molecule has 0 heterocycles. The van der Waals surface area contributed by atoms with Gasteiger partial charge in [0.05, 0.1) is 0 Å². The molecule has 112 valence electrons. The van der Waals surface area contributed by atoms with Crippen LogP contribution in [0.15, 0.2) is 27.6 Å². The Labute approximate surface area is 135 Å². The van der Waals surface area contributed by atoms with Gasteiger partial charge in [-0.05, 0) is 37.0 Å². The lowest BCUT2D eigenvalue weighted by Crippen LogP contribution is -2.42. The van der Waals surface area contributed by atoms with Gasteiger partial charge in [-0.1, -0.05) is 44.7 Å². The van der Waals surface area contributed by atoms with Crippen LogP contribution in [0, 0.1) is 11.7 Å². The van der Waals surface area contributed by atoms with Crippen molar-refractivity contribution in [3.63, 3.8) is 0 Å². The van der Waals surface area contributed by atoms with Gasteiger partial charge in [0.15, 0.2) is 0 Å². The molecule has 1 saturated carbocycles. The molecule has 0 radical (unpaired) electrons. The largest absolute Gasteiger partial charge is 0.243 e. The smallest absolute Gasteiger partial charge is 0.208 e. The summed E-state index contributed by atoms with van der Waals surface area (Å²) in [4.78, 5) is -0.292. The maximum Gasteiger partial charge on any atom is 0.243 e. The Bertz CT molecular complexity index is 580. The van der Waals surface area contributed by atoms with Crippen LogP contribution in [-0.2, 0) is 10.0 Å². The van der Waals surface area contributed by atoms with Crippen LogP contribution in [0.2, 0.25) is 0 Å². The Morgan fingerprint density at radius 2 is 2.00 bits per heavy atom. The molecule has 2 unspecified atom stereocenters. The van der Waals surface area contributed by atoms with Crippen molar-refractivity contribution in [1.82, 2.24) is 4.72 Å². The molecular formula is C13H16Br2FNO2S. The molecule has 0 aliphatic heterocycles. The van der Waals surface area contributed by atoms with Gasteiger partial charge in [0.1, 0.15) is 10.7 Å². The number of hydrogen-bond acceptors (Lipinski definition) is 2. The van der Waals surface area contributed by atoms with E-state index < -0.39 is 15.8 Å². The van der Waals surface area contributed by atoms with Gasteiger partial charge in [-0.25, -0.2) is 17.5 Å². The Morgan fingerprint density at radius 1 is 1.30 bits per heavy atom. The van der Waals surface area contributed by atoms with E-state index in [1.807, 2.05) is 0 Å². The Hall–Kier alpha value is 0.0200. The Morgan fingerprint density at radius 3 is 2.65 bits per heavy atom. The van der Waals surface area contributed by atoms with E-state index in [-0.39, 0.29) is 16.9 Å². The first-order valence-electron chi connectivity index (χ1n) is 6.47. The minimum atomic E-state index is -3.82. The third-order valence-corrected chi connectivity index (χ3v) is 6.45. The first-order valence-corrected chi connectivity index (χ1v) is 9.87. The van der Waals surface area contributed by atoms with E-state index in [0.717, 1.165) is 37.1 Å². The highest BCUT2D eigenvalue weighted by Gasteiger charge is 2.30.